The molecular weight excluding hydrogens is 248 g/mol. The molecule has 1 heterocycles. The summed E-state index contributed by atoms with van der Waals surface area (Å²) in [6.45, 7) is 4.92. The van der Waals surface area contributed by atoms with E-state index in [1.807, 2.05) is 4.57 Å². The van der Waals surface area contributed by atoms with Crippen molar-refractivity contribution in [1.29, 1.82) is 0 Å². The molecule has 2 N–H and O–H groups in total. The molecule has 1 aliphatic carbocycles. The van der Waals surface area contributed by atoms with E-state index in [9.17, 15) is 4.79 Å². The smallest absolute Gasteiger partial charge is 0.220 e. The topological polar surface area (TPSA) is 62.7 Å². The molecule has 100 valence electrons. The zero-order valence-electron chi connectivity index (χ0n) is 10.9. The first-order valence-corrected chi connectivity index (χ1v) is 6.93. The van der Waals surface area contributed by atoms with Gasteiger partial charge in [-0.1, -0.05) is 13.8 Å². The van der Waals surface area contributed by atoms with Crippen molar-refractivity contribution in [2.75, 3.05) is 0 Å². The quantitative estimate of drug-likeness (QED) is 0.777. The fraction of sp³-hybridized carbons (Fsp3) is 0.750. The molecule has 2 rings (SSSR count). The molecule has 5 nitrogen and oxygen atoms in total. The summed E-state index contributed by atoms with van der Waals surface area (Å²) in [6.07, 6.45) is 3.62. The molecule has 0 aliphatic heterocycles. The molecule has 0 aromatic carbocycles. The molecule has 0 atom stereocenters. The molecule has 1 amide bonds. The lowest BCUT2D eigenvalue weighted by atomic mass is 10.2. The largest absolute Gasteiger partial charge is 0.353 e. The third-order valence-corrected chi connectivity index (χ3v) is 3.34. The molecule has 0 unspecified atom stereocenters. The molecule has 6 heteroatoms. The van der Waals surface area contributed by atoms with E-state index in [4.69, 9.17) is 12.2 Å². The number of nitrogens with zero attached hydrogens (tertiary/aromatic N) is 2. The van der Waals surface area contributed by atoms with E-state index in [2.05, 4.69) is 29.4 Å². The fourth-order valence-electron chi connectivity index (χ4n) is 1.91. The van der Waals surface area contributed by atoms with Crippen LogP contribution in [-0.2, 0) is 11.3 Å². The maximum atomic E-state index is 11.6. The highest BCUT2D eigenvalue weighted by Crippen LogP contribution is 2.19. The molecule has 1 saturated carbocycles. The Morgan fingerprint density at radius 2 is 2.33 bits per heavy atom. The van der Waals surface area contributed by atoms with Gasteiger partial charge >= 0.3 is 0 Å². The predicted octanol–water partition coefficient (Wildman–Crippen LogP) is 2.12. The predicted molar refractivity (Wildman–Crippen MR) is 71.9 cm³/mol. The minimum absolute atomic E-state index is 0.151. The highest BCUT2D eigenvalue weighted by Gasteiger charge is 2.22. The summed E-state index contributed by atoms with van der Waals surface area (Å²) in [5, 5.41) is 10.0. The van der Waals surface area contributed by atoms with E-state index >= 15 is 0 Å². The van der Waals surface area contributed by atoms with E-state index in [0.717, 1.165) is 31.6 Å². The zero-order valence-corrected chi connectivity index (χ0v) is 11.7. The Morgan fingerprint density at radius 1 is 1.61 bits per heavy atom. The van der Waals surface area contributed by atoms with Gasteiger partial charge in [0, 0.05) is 24.9 Å². The average Bonchev–Trinajstić information content (AvgIpc) is 3.02. The SMILES string of the molecule is CC(C)c1n[nH]c(=S)n1CCCC(=O)NC1CC1. The Balaban J connectivity index is 1.83. The number of aromatic nitrogens is 3. The molecule has 0 bridgehead atoms. The molecule has 18 heavy (non-hydrogen) atoms. The number of nitrogens with one attached hydrogen (secondary N) is 2. The van der Waals surface area contributed by atoms with Crippen LogP contribution in [0.15, 0.2) is 0 Å². The van der Waals surface area contributed by atoms with Gasteiger partial charge in [0.2, 0.25) is 5.91 Å². The molecule has 1 aliphatic rings. The molecule has 1 aromatic rings. The minimum atomic E-state index is 0.151. The summed E-state index contributed by atoms with van der Waals surface area (Å²) in [5.41, 5.74) is 0. The van der Waals surface area contributed by atoms with Crippen molar-refractivity contribution < 1.29 is 4.79 Å². The molecule has 0 saturated heterocycles. The van der Waals surface area contributed by atoms with Crippen LogP contribution in [0.5, 0.6) is 0 Å². The van der Waals surface area contributed by atoms with Gasteiger partial charge in [-0.25, -0.2) is 0 Å². The van der Waals surface area contributed by atoms with E-state index in [0.29, 0.717) is 23.2 Å². The van der Waals surface area contributed by atoms with Crippen molar-refractivity contribution in [3.05, 3.63) is 10.6 Å². The third-order valence-electron chi connectivity index (χ3n) is 3.03. The van der Waals surface area contributed by atoms with Gasteiger partial charge in [-0.15, -0.1) is 0 Å². The normalized spacial score (nSPS) is 15.1. The second-order valence-electron chi connectivity index (χ2n) is 5.14. The van der Waals surface area contributed by atoms with Crippen molar-refractivity contribution in [1.82, 2.24) is 20.1 Å². The van der Waals surface area contributed by atoms with Crippen LogP contribution < -0.4 is 5.32 Å². The fourth-order valence-corrected chi connectivity index (χ4v) is 2.14. The first kappa shape index (κ1) is 13.3. The van der Waals surface area contributed by atoms with Crippen molar-refractivity contribution in [3.8, 4) is 0 Å². The third kappa shape index (κ3) is 3.41. The van der Waals surface area contributed by atoms with E-state index < -0.39 is 0 Å². The maximum absolute atomic E-state index is 11.6. The Hall–Kier alpha value is -1.17. The van der Waals surface area contributed by atoms with Crippen molar-refractivity contribution in [2.45, 2.75) is 58.0 Å². The van der Waals surface area contributed by atoms with Gasteiger partial charge in [0.05, 0.1) is 0 Å². The lowest BCUT2D eigenvalue weighted by Crippen LogP contribution is -2.25. The maximum Gasteiger partial charge on any atom is 0.220 e. The highest BCUT2D eigenvalue weighted by molar-refractivity contribution is 7.71. The lowest BCUT2D eigenvalue weighted by molar-refractivity contribution is -0.121. The summed E-state index contributed by atoms with van der Waals surface area (Å²) in [5.74, 6) is 1.44. The number of hydrogen-bond donors (Lipinski definition) is 2. The van der Waals surface area contributed by atoms with Crippen LogP contribution in [0.1, 0.15) is 51.3 Å². The van der Waals surface area contributed by atoms with Gasteiger partial charge in [-0.3, -0.25) is 9.89 Å². The first-order valence-electron chi connectivity index (χ1n) is 6.52. The van der Waals surface area contributed by atoms with Crippen molar-refractivity contribution >= 4 is 18.1 Å². The summed E-state index contributed by atoms with van der Waals surface area (Å²) in [4.78, 5) is 11.6. The Labute approximate surface area is 112 Å². The van der Waals surface area contributed by atoms with Gasteiger partial charge in [0.1, 0.15) is 5.82 Å². The number of carbonyl (C=O) groups excluding carboxylic acids is 1. The van der Waals surface area contributed by atoms with E-state index in [-0.39, 0.29) is 5.91 Å². The molecular formula is C12H20N4OS. The summed E-state index contributed by atoms with van der Waals surface area (Å²) < 4.78 is 2.63. The summed E-state index contributed by atoms with van der Waals surface area (Å²) in [6, 6.07) is 0.444. The number of carbonyl (C=O) groups is 1. The molecule has 1 aromatic heterocycles. The highest BCUT2D eigenvalue weighted by atomic mass is 32.1. The minimum Gasteiger partial charge on any atom is -0.353 e. The van der Waals surface area contributed by atoms with Gasteiger partial charge < -0.3 is 9.88 Å². The second kappa shape index (κ2) is 5.65. The van der Waals surface area contributed by atoms with E-state index in [1.54, 1.807) is 0 Å². The second-order valence-corrected chi connectivity index (χ2v) is 5.53. The number of aromatic amines is 1. The Morgan fingerprint density at radius 3 is 2.94 bits per heavy atom. The van der Waals surface area contributed by atoms with E-state index in [1.165, 1.54) is 0 Å². The Kier molecular flexibility index (Phi) is 4.16. The molecule has 0 radical (unpaired) electrons. The van der Waals surface area contributed by atoms with Crippen LogP contribution >= 0.6 is 12.2 Å². The first-order chi connectivity index (χ1) is 8.58. The monoisotopic (exact) mass is 268 g/mol. The number of hydrogen-bond acceptors (Lipinski definition) is 3. The van der Waals surface area contributed by atoms with Crippen LogP contribution in [0.4, 0.5) is 0 Å². The zero-order chi connectivity index (χ0) is 13.1. The van der Waals surface area contributed by atoms with Gasteiger partial charge in [0.25, 0.3) is 0 Å². The van der Waals surface area contributed by atoms with Crippen LogP contribution in [0, 0.1) is 4.77 Å². The summed E-state index contributed by atoms with van der Waals surface area (Å²) in [7, 11) is 0. The van der Waals surface area contributed by atoms with Gasteiger partial charge in [0.15, 0.2) is 4.77 Å². The molecule has 1 fully saturated rings. The number of H-pyrrole nitrogens is 1. The number of amides is 1. The van der Waals surface area contributed by atoms with Crippen LogP contribution in [-0.4, -0.2) is 26.7 Å². The van der Waals surface area contributed by atoms with Crippen LogP contribution in [0.2, 0.25) is 0 Å². The Bertz CT molecular complexity index is 473. The summed E-state index contributed by atoms with van der Waals surface area (Å²) >= 11 is 5.20. The van der Waals surface area contributed by atoms with Crippen molar-refractivity contribution in [3.63, 3.8) is 0 Å². The van der Waals surface area contributed by atoms with Crippen LogP contribution in [0.3, 0.4) is 0 Å². The average molecular weight is 268 g/mol. The van der Waals surface area contributed by atoms with Crippen LogP contribution in [0.25, 0.3) is 0 Å². The lowest BCUT2D eigenvalue weighted by Gasteiger charge is -2.09. The van der Waals surface area contributed by atoms with Gasteiger partial charge in [-0.2, -0.15) is 5.10 Å². The van der Waals surface area contributed by atoms with Crippen molar-refractivity contribution in [2.24, 2.45) is 0 Å². The number of rotatable bonds is 6. The standard InChI is InChI=1S/C12H20N4OS/c1-8(2)11-14-15-12(18)16(11)7-3-4-10(17)13-9-5-6-9/h8-9H,3-7H2,1-2H3,(H,13,17)(H,15,18). The molecule has 0 spiro atoms. The van der Waals surface area contributed by atoms with Gasteiger partial charge in [-0.05, 0) is 31.5 Å².